The highest BCUT2D eigenvalue weighted by atomic mass is 35.5. The average molecular weight is 253 g/mol. The van der Waals surface area contributed by atoms with E-state index in [-0.39, 0.29) is 5.78 Å². The molecule has 0 aliphatic rings. The van der Waals surface area contributed by atoms with Gasteiger partial charge in [0, 0.05) is 17.0 Å². The number of ketones is 1. The van der Waals surface area contributed by atoms with Crippen LogP contribution in [0.15, 0.2) is 24.3 Å². The molecule has 0 heterocycles. The SMILES string of the molecule is CCCCCCCCC(=O)c1ccc(Cl)cc1. The van der Waals surface area contributed by atoms with Gasteiger partial charge in [-0.1, -0.05) is 50.6 Å². The molecule has 0 saturated heterocycles. The number of hydrogen-bond donors (Lipinski definition) is 0. The van der Waals surface area contributed by atoms with Crippen LogP contribution in [0.1, 0.15) is 62.2 Å². The third-order valence-corrected chi connectivity index (χ3v) is 3.18. The van der Waals surface area contributed by atoms with Gasteiger partial charge in [-0.25, -0.2) is 0 Å². The van der Waals surface area contributed by atoms with Crippen molar-refractivity contribution in [1.29, 1.82) is 0 Å². The molecule has 1 rings (SSSR count). The van der Waals surface area contributed by atoms with Crippen molar-refractivity contribution in [2.75, 3.05) is 0 Å². The Bertz CT molecular complexity index is 329. The summed E-state index contributed by atoms with van der Waals surface area (Å²) in [7, 11) is 0. The minimum atomic E-state index is 0.233. The summed E-state index contributed by atoms with van der Waals surface area (Å²) in [5, 5.41) is 0.682. The molecule has 0 spiro atoms. The van der Waals surface area contributed by atoms with E-state index in [1.54, 1.807) is 12.1 Å². The Morgan fingerprint density at radius 1 is 1.00 bits per heavy atom. The quantitative estimate of drug-likeness (QED) is 0.455. The van der Waals surface area contributed by atoms with E-state index in [2.05, 4.69) is 6.92 Å². The number of halogens is 1. The molecule has 1 aromatic rings. The van der Waals surface area contributed by atoms with E-state index in [0.717, 1.165) is 12.0 Å². The van der Waals surface area contributed by atoms with Gasteiger partial charge in [0.2, 0.25) is 0 Å². The molecule has 0 saturated carbocycles. The standard InChI is InChI=1S/C15H21ClO/c1-2-3-4-5-6-7-8-15(17)13-9-11-14(16)12-10-13/h9-12H,2-8H2,1H3. The first-order chi connectivity index (χ1) is 8.24. The maximum Gasteiger partial charge on any atom is 0.162 e. The summed E-state index contributed by atoms with van der Waals surface area (Å²) in [5.41, 5.74) is 0.781. The monoisotopic (exact) mass is 252 g/mol. The van der Waals surface area contributed by atoms with Gasteiger partial charge in [-0.05, 0) is 30.7 Å². The molecule has 0 radical (unpaired) electrons. The van der Waals surface area contributed by atoms with Crippen LogP contribution in [0.5, 0.6) is 0 Å². The van der Waals surface area contributed by atoms with Crippen LogP contribution >= 0.6 is 11.6 Å². The van der Waals surface area contributed by atoms with E-state index in [9.17, 15) is 4.79 Å². The zero-order valence-corrected chi connectivity index (χ0v) is 11.3. The van der Waals surface area contributed by atoms with Crippen molar-refractivity contribution in [3.8, 4) is 0 Å². The Morgan fingerprint density at radius 3 is 2.24 bits per heavy atom. The third-order valence-electron chi connectivity index (χ3n) is 2.92. The number of Topliss-reactive ketones (excluding diaryl/α,β-unsaturated/α-hetero) is 1. The van der Waals surface area contributed by atoms with Gasteiger partial charge in [-0.2, -0.15) is 0 Å². The topological polar surface area (TPSA) is 17.1 Å². The molecule has 94 valence electrons. The zero-order valence-electron chi connectivity index (χ0n) is 10.5. The Balaban J connectivity index is 2.19. The third kappa shape index (κ3) is 5.88. The normalized spacial score (nSPS) is 10.5. The van der Waals surface area contributed by atoms with Crippen LogP contribution in [-0.2, 0) is 0 Å². The van der Waals surface area contributed by atoms with Crippen molar-refractivity contribution >= 4 is 17.4 Å². The summed E-state index contributed by atoms with van der Waals surface area (Å²) in [4.78, 5) is 11.8. The second-order valence-electron chi connectivity index (χ2n) is 4.45. The highest BCUT2D eigenvalue weighted by Gasteiger charge is 2.04. The lowest BCUT2D eigenvalue weighted by atomic mass is 10.0. The largest absolute Gasteiger partial charge is 0.294 e. The fourth-order valence-electron chi connectivity index (χ4n) is 1.85. The first-order valence-corrected chi connectivity index (χ1v) is 6.90. The molecule has 2 heteroatoms. The van der Waals surface area contributed by atoms with Crippen LogP contribution in [0.4, 0.5) is 0 Å². The highest BCUT2D eigenvalue weighted by molar-refractivity contribution is 6.30. The van der Waals surface area contributed by atoms with Crippen molar-refractivity contribution < 1.29 is 4.79 Å². The lowest BCUT2D eigenvalue weighted by Gasteiger charge is -2.02. The van der Waals surface area contributed by atoms with Gasteiger partial charge in [0.25, 0.3) is 0 Å². The Kier molecular flexibility index (Phi) is 6.95. The second kappa shape index (κ2) is 8.30. The molecule has 0 amide bonds. The average Bonchev–Trinajstić information content (AvgIpc) is 2.34. The zero-order chi connectivity index (χ0) is 12.5. The van der Waals surface area contributed by atoms with Gasteiger partial charge in [0.15, 0.2) is 5.78 Å². The molecule has 0 atom stereocenters. The van der Waals surface area contributed by atoms with Gasteiger partial charge < -0.3 is 0 Å². The van der Waals surface area contributed by atoms with E-state index in [1.165, 1.54) is 32.1 Å². The maximum absolute atomic E-state index is 11.8. The van der Waals surface area contributed by atoms with Crippen LogP contribution < -0.4 is 0 Å². The Morgan fingerprint density at radius 2 is 1.59 bits per heavy atom. The molecule has 1 aromatic carbocycles. The molecule has 0 fully saturated rings. The van der Waals surface area contributed by atoms with Crippen molar-refractivity contribution in [2.45, 2.75) is 51.9 Å². The Hall–Kier alpha value is -0.820. The van der Waals surface area contributed by atoms with Gasteiger partial charge in [-0.15, -0.1) is 0 Å². The first kappa shape index (κ1) is 14.2. The van der Waals surface area contributed by atoms with Crippen LogP contribution in [0.3, 0.4) is 0 Å². The van der Waals surface area contributed by atoms with Crippen molar-refractivity contribution in [1.82, 2.24) is 0 Å². The molecule has 1 nitrogen and oxygen atoms in total. The molecule has 0 aliphatic carbocycles. The lowest BCUT2D eigenvalue weighted by Crippen LogP contribution is -1.98. The fraction of sp³-hybridized carbons (Fsp3) is 0.533. The van der Waals surface area contributed by atoms with Crippen LogP contribution in [0, 0.1) is 0 Å². The number of carbonyl (C=O) groups excluding carboxylic acids is 1. The van der Waals surface area contributed by atoms with E-state index >= 15 is 0 Å². The molecule has 17 heavy (non-hydrogen) atoms. The van der Waals surface area contributed by atoms with E-state index in [4.69, 9.17) is 11.6 Å². The number of benzene rings is 1. The second-order valence-corrected chi connectivity index (χ2v) is 4.88. The van der Waals surface area contributed by atoms with Gasteiger partial charge in [0.1, 0.15) is 0 Å². The lowest BCUT2D eigenvalue weighted by molar-refractivity contribution is 0.0979. The summed E-state index contributed by atoms with van der Waals surface area (Å²) >= 11 is 5.78. The highest BCUT2D eigenvalue weighted by Crippen LogP contribution is 2.13. The molecular formula is C15H21ClO. The summed E-state index contributed by atoms with van der Waals surface area (Å²) in [6, 6.07) is 7.16. The van der Waals surface area contributed by atoms with Gasteiger partial charge in [-0.3, -0.25) is 4.79 Å². The van der Waals surface area contributed by atoms with Crippen molar-refractivity contribution in [3.63, 3.8) is 0 Å². The summed E-state index contributed by atoms with van der Waals surface area (Å²) in [6.45, 7) is 2.21. The maximum atomic E-state index is 11.8. The first-order valence-electron chi connectivity index (χ1n) is 6.53. The minimum Gasteiger partial charge on any atom is -0.294 e. The predicted octanol–water partition coefficient (Wildman–Crippen LogP) is 5.27. The molecule has 0 aliphatic heterocycles. The summed E-state index contributed by atoms with van der Waals surface area (Å²) in [6.07, 6.45) is 7.96. The van der Waals surface area contributed by atoms with Crippen LogP contribution in [0.25, 0.3) is 0 Å². The summed E-state index contributed by atoms with van der Waals surface area (Å²) in [5.74, 6) is 0.233. The number of unbranched alkanes of at least 4 members (excludes halogenated alkanes) is 5. The fourth-order valence-corrected chi connectivity index (χ4v) is 1.97. The number of rotatable bonds is 8. The predicted molar refractivity (Wildman–Crippen MR) is 73.8 cm³/mol. The minimum absolute atomic E-state index is 0.233. The van der Waals surface area contributed by atoms with Crippen molar-refractivity contribution in [2.24, 2.45) is 0 Å². The summed E-state index contributed by atoms with van der Waals surface area (Å²) < 4.78 is 0. The molecular weight excluding hydrogens is 232 g/mol. The smallest absolute Gasteiger partial charge is 0.162 e. The number of carbonyl (C=O) groups is 1. The van der Waals surface area contributed by atoms with Crippen LogP contribution in [-0.4, -0.2) is 5.78 Å². The van der Waals surface area contributed by atoms with Crippen LogP contribution in [0.2, 0.25) is 5.02 Å². The van der Waals surface area contributed by atoms with Crippen molar-refractivity contribution in [3.05, 3.63) is 34.9 Å². The molecule has 0 aromatic heterocycles. The van der Waals surface area contributed by atoms with E-state index in [1.807, 2.05) is 12.1 Å². The molecule has 0 N–H and O–H groups in total. The molecule has 0 unspecified atom stereocenters. The van der Waals surface area contributed by atoms with E-state index in [0.29, 0.717) is 11.4 Å². The Labute approximate surface area is 109 Å². The molecule has 0 bridgehead atoms. The van der Waals surface area contributed by atoms with E-state index < -0.39 is 0 Å². The van der Waals surface area contributed by atoms with Gasteiger partial charge >= 0.3 is 0 Å². The number of hydrogen-bond acceptors (Lipinski definition) is 1. The van der Waals surface area contributed by atoms with Gasteiger partial charge in [0.05, 0.1) is 0 Å².